The van der Waals surface area contributed by atoms with Gasteiger partial charge >= 0.3 is 0 Å². The average Bonchev–Trinajstić information content (AvgIpc) is 3.84. The van der Waals surface area contributed by atoms with E-state index in [9.17, 15) is 15.2 Å². The van der Waals surface area contributed by atoms with Gasteiger partial charge in [0.15, 0.2) is 0 Å². The van der Waals surface area contributed by atoms with Crippen molar-refractivity contribution in [3.8, 4) is 28.7 Å². The Balaban J connectivity index is 0.936. The second kappa shape index (κ2) is 19.9. The molecule has 0 spiro atoms. The first-order valence-electron chi connectivity index (χ1n) is 24.8. The van der Waals surface area contributed by atoms with E-state index in [4.69, 9.17) is 9.47 Å². The standard InChI is InChI=1S/C57H62N8O6/c1-37-26-41-8-6-7-9-43(41)33-64(37)56(68)51-29-44-32-63(54(67)27-40-10-16-49(17-11-40)71-25-22-61-20-21-62-23-24-70-36-47(62)34-61)19-18-42(44)28-50(51)52-35-59(4)39(3)55(52)57(69)65(45-12-14-48(66)15-13-45)53-30-46(31-58)60(5)38(53)2/h6-17,28-30,35,37,47,66H,18-27,32-34,36H2,1-5H3/t37-,47+/m1/s1. The number of ether oxygens (including phenoxy) is 2. The molecule has 0 saturated carbocycles. The SMILES string of the molecule is Cc1c(C(=O)N(c2ccc(O)cc2)c2cc(C#N)n(C)c2C)c(-c2cc3c(cc2C(=O)N2Cc4ccccc4C[C@H]2C)CN(C(=O)Cc2ccc(OCCN4CCN5CCOC[C@@H]5C4)cc2)CC3)cn1C. The monoisotopic (exact) mass is 954 g/mol. The van der Waals surface area contributed by atoms with Crippen LogP contribution in [-0.2, 0) is 56.0 Å². The molecule has 0 aliphatic carbocycles. The molecule has 0 radical (unpaired) electrons. The van der Waals surface area contributed by atoms with Gasteiger partial charge in [-0.3, -0.25) is 29.1 Å². The zero-order chi connectivity index (χ0) is 49.5. The van der Waals surface area contributed by atoms with Crippen LogP contribution in [0.5, 0.6) is 11.5 Å². The minimum atomic E-state index is -0.348. The predicted molar refractivity (Wildman–Crippen MR) is 272 cm³/mol. The molecule has 4 aliphatic heterocycles. The van der Waals surface area contributed by atoms with Crippen molar-refractivity contribution in [1.82, 2.24) is 28.7 Å². The molecule has 2 aromatic heterocycles. The van der Waals surface area contributed by atoms with Gasteiger partial charge in [-0.05, 0) is 122 Å². The second-order valence-corrected chi connectivity index (χ2v) is 19.7. The number of piperazine rings is 1. The molecule has 71 heavy (non-hydrogen) atoms. The van der Waals surface area contributed by atoms with Crippen molar-refractivity contribution in [3.63, 3.8) is 0 Å². The van der Waals surface area contributed by atoms with Crippen LogP contribution >= 0.6 is 0 Å². The summed E-state index contributed by atoms with van der Waals surface area (Å²) in [7, 11) is 3.69. The number of fused-ring (bicyclic) bond motifs is 3. The first-order valence-corrected chi connectivity index (χ1v) is 24.8. The third-order valence-electron chi connectivity index (χ3n) is 15.3. The van der Waals surface area contributed by atoms with Crippen molar-refractivity contribution in [2.45, 2.75) is 65.2 Å². The summed E-state index contributed by atoms with van der Waals surface area (Å²) in [6.07, 6.45) is 3.44. The number of carbonyl (C=O) groups excluding carboxylic acids is 3. The Morgan fingerprint density at radius 1 is 0.859 bits per heavy atom. The Hall–Kier alpha value is -7.18. The number of phenols is 1. The number of aryl methyl sites for hydroxylation is 1. The molecular weight excluding hydrogens is 893 g/mol. The van der Waals surface area contributed by atoms with Crippen LogP contribution in [0.4, 0.5) is 11.4 Å². The molecule has 1 N–H and O–H groups in total. The Morgan fingerprint density at radius 3 is 2.39 bits per heavy atom. The lowest BCUT2D eigenvalue weighted by molar-refractivity contribution is -0.131. The number of rotatable bonds is 11. The van der Waals surface area contributed by atoms with Gasteiger partial charge in [0.2, 0.25) is 5.91 Å². The average molecular weight is 955 g/mol. The van der Waals surface area contributed by atoms with Crippen LogP contribution in [0.15, 0.2) is 97.2 Å². The highest BCUT2D eigenvalue weighted by molar-refractivity contribution is 6.16. The van der Waals surface area contributed by atoms with E-state index in [2.05, 4.69) is 41.0 Å². The molecule has 14 nitrogen and oxygen atoms in total. The second-order valence-electron chi connectivity index (χ2n) is 19.7. The van der Waals surface area contributed by atoms with E-state index in [1.807, 2.05) is 83.9 Å². The molecule has 4 aliphatic rings. The van der Waals surface area contributed by atoms with Crippen LogP contribution in [0.3, 0.4) is 0 Å². The fourth-order valence-electron chi connectivity index (χ4n) is 10.9. The minimum Gasteiger partial charge on any atom is -0.508 e. The lowest BCUT2D eigenvalue weighted by Crippen LogP contribution is -2.58. The number of amides is 3. The van der Waals surface area contributed by atoms with Crippen LogP contribution in [0.2, 0.25) is 0 Å². The number of hydrogen-bond acceptors (Lipinski definition) is 9. The van der Waals surface area contributed by atoms with Crippen LogP contribution in [0.1, 0.15) is 72.5 Å². The summed E-state index contributed by atoms with van der Waals surface area (Å²) in [6, 6.07) is 30.8. The summed E-state index contributed by atoms with van der Waals surface area (Å²) >= 11 is 0. The number of nitrogens with zero attached hydrogens (tertiary/aromatic N) is 8. The van der Waals surface area contributed by atoms with Gasteiger partial charge in [0, 0.05) is 113 Å². The Labute approximate surface area is 415 Å². The normalized spacial score (nSPS) is 18.0. The van der Waals surface area contributed by atoms with Crippen molar-refractivity contribution in [2.24, 2.45) is 14.1 Å². The zero-order valence-corrected chi connectivity index (χ0v) is 41.4. The molecular formula is C57H62N8O6. The van der Waals surface area contributed by atoms with Crippen LogP contribution < -0.4 is 9.64 Å². The number of phenolic OH excluding ortho intramolecular Hbond substituents is 1. The third-order valence-corrected chi connectivity index (χ3v) is 15.3. The summed E-state index contributed by atoms with van der Waals surface area (Å²) in [4.78, 5) is 55.3. The summed E-state index contributed by atoms with van der Waals surface area (Å²) in [5.74, 6) is 0.341. The van der Waals surface area contributed by atoms with Crippen molar-refractivity contribution in [2.75, 3.05) is 64.0 Å². The van der Waals surface area contributed by atoms with Crippen LogP contribution in [0, 0.1) is 25.2 Å². The summed E-state index contributed by atoms with van der Waals surface area (Å²) in [5.41, 5.74) is 10.1. The molecule has 2 fully saturated rings. The molecule has 10 rings (SSSR count). The molecule has 366 valence electrons. The molecule has 2 atom stereocenters. The van der Waals surface area contributed by atoms with Crippen LogP contribution in [0.25, 0.3) is 11.1 Å². The highest BCUT2D eigenvalue weighted by atomic mass is 16.5. The van der Waals surface area contributed by atoms with Crippen molar-refractivity contribution in [1.29, 1.82) is 5.26 Å². The fourth-order valence-corrected chi connectivity index (χ4v) is 10.9. The number of morpholine rings is 1. The number of benzene rings is 4. The van der Waals surface area contributed by atoms with Gasteiger partial charge in [-0.15, -0.1) is 0 Å². The first kappa shape index (κ1) is 47.5. The summed E-state index contributed by atoms with van der Waals surface area (Å²) < 4.78 is 15.5. The Kier molecular flexibility index (Phi) is 13.3. The maximum absolute atomic E-state index is 15.5. The number of aromatic nitrogens is 2. The largest absolute Gasteiger partial charge is 0.508 e. The van der Waals surface area contributed by atoms with Crippen molar-refractivity contribution in [3.05, 3.63) is 153 Å². The van der Waals surface area contributed by atoms with Crippen molar-refractivity contribution < 1.29 is 29.0 Å². The van der Waals surface area contributed by atoms with Gasteiger partial charge in [0.1, 0.15) is 29.9 Å². The lowest BCUT2D eigenvalue weighted by atomic mass is 9.87. The minimum absolute atomic E-state index is 0.00464. The van der Waals surface area contributed by atoms with E-state index < -0.39 is 0 Å². The third kappa shape index (κ3) is 9.45. The van der Waals surface area contributed by atoms with Gasteiger partial charge in [-0.25, -0.2) is 0 Å². The van der Waals surface area contributed by atoms with Gasteiger partial charge in [-0.2, -0.15) is 5.26 Å². The molecule has 4 aromatic carbocycles. The van der Waals surface area contributed by atoms with E-state index in [-0.39, 0.29) is 35.9 Å². The highest BCUT2D eigenvalue weighted by Gasteiger charge is 2.35. The molecule has 0 unspecified atom stereocenters. The quantitative estimate of drug-likeness (QED) is 0.142. The number of nitriles is 1. The number of hydrogen-bond donors (Lipinski definition) is 1. The summed E-state index contributed by atoms with van der Waals surface area (Å²) in [5, 5.41) is 20.3. The Morgan fingerprint density at radius 2 is 1.63 bits per heavy atom. The zero-order valence-electron chi connectivity index (χ0n) is 41.4. The van der Waals surface area contributed by atoms with Gasteiger partial charge in [-0.1, -0.05) is 36.4 Å². The first-order chi connectivity index (χ1) is 34.3. The topological polar surface area (TPSA) is 140 Å². The van der Waals surface area contributed by atoms with Gasteiger partial charge in [0.05, 0.1) is 30.9 Å². The fraction of sp³-hybridized carbons (Fsp3) is 0.368. The van der Waals surface area contributed by atoms with E-state index in [1.165, 1.54) is 17.7 Å². The van der Waals surface area contributed by atoms with Crippen LogP contribution in [-0.4, -0.2) is 123 Å². The van der Waals surface area contributed by atoms with E-state index >= 15 is 9.59 Å². The Bertz CT molecular complexity index is 3040. The number of anilines is 2. The molecule has 0 bridgehead atoms. The molecule has 6 heterocycles. The maximum atomic E-state index is 15.5. The number of carbonyl (C=O) groups is 3. The van der Waals surface area contributed by atoms with E-state index in [0.717, 1.165) is 73.9 Å². The van der Waals surface area contributed by atoms with Gasteiger partial charge in [0.25, 0.3) is 11.8 Å². The van der Waals surface area contributed by atoms with Gasteiger partial charge < -0.3 is 33.5 Å². The highest BCUT2D eigenvalue weighted by Crippen LogP contribution is 2.40. The van der Waals surface area contributed by atoms with E-state index in [0.29, 0.717) is 95.8 Å². The molecule has 3 amide bonds. The lowest BCUT2D eigenvalue weighted by Gasteiger charge is -2.43. The maximum Gasteiger partial charge on any atom is 0.265 e. The predicted octanol–water partition coefficient (Wildman–Crippen LogP) is 7.31. The molecule has 14 heteroatoms. The van der Waals surface area contributed by atoms with E-state index in [1.54, 1.807) is 34.7 Å². The number of aromatic hydroxyl groups is 1. The van der Waals surface area contributed by atoms with Crippen molar-refractivity contribution >= 4 is 29.1 Å². The molecule has 6 aromatic rings. The summed E-state index contributed by atoms with van der Waals surface area (Å²) in [6.45, 7) is 14.3. The smallest absolute Gasteiger partial charge is 0.265 e. The molecule has 2 saturated heterocycles.